The monoisotopic (exact) mass is 470 g/mol. The zero-order chi connectivity index (χ0) is 24.8. The van der Waals surface area contributed by atoms with E-state index in [9.17, 15) is 9.59 Å². The predicted octanol–water partition coefficient (Wildman–Crippen LogP) is 4.30. The van der Waals surface area contributed by atoms with Gasteiger partial charge in [-0.25, -0.2) is 0 Å². The van der Waals surface area contributed by atoms with Crippen molar-refractivity contribution in [1.29, 1.82) is 0 Å². The van der Waals surface area contributed by atoms with Crippen molar-refractivity contribution in [2.75, 3.05) is 38.5 Å². The second-order valence-electron chi connectivity index (χ2n) is 9.31. The Hall–Kier alpha value is -3.48. The highest BCUT2D eigenvalue weighted by Gasteiger charge is 2.21. The lowest BCUT2D eigenvalue weighted by Gasteiger charge is -2.32. The van der Waals surface area contributed by atoms with Crippen LogP contribution in [0.15, 0.2) is 66.7 Å². The van der Waals surface area contributed by atoms with Crippen LogP contribution in [0.2, 0.25) is 0 Å². The fourth-order valence-corrected chi connectivity index (χ4v) is 4.44. The largest absolute Gasteiger partial charge is 0.336 e. The SMILES string of the molecule is CC(=O)Nc1cc(CNCc2ccc(-c3ccccc3C)cc2)cc(C(=O)N2CCN(C)CC2)c1. The molecule has 4 rings (SSSR count). The second kappa shape index (κ2) is 11.3. The third kappa shape index (κ3) is 6.56. The molecule has 0 aromatic heterocycles. The topological polar surface area (TPSA) is 64.7 Å². The van der Waals surface area contributed by atoms with Crippen LogP contribution in [0.25, 0.3) is 11.1 Å². The zero-order valence-corrected chi connectivity index (χ0v) is 20.8. The Balaban J connectivity index is 1.42. The van der Waals surface area contributed by atoms with Crippen molar-refractivity contribution in [3.05, 3.63) is 89.0 Å². The minimum atomic E-state index is -0.151. The number of rotatable bonds is 7. The number of nitrogens with zero attached hydrogens (tertiary/aromatic N) is 2. The first-order valence-electron chi connectivity index (χ1n) is 12.1. The van der Waals surface area contributed by atoms with Crippen molar-refractivity contribution in [1.82, 2.24) is 15.1 Å². The maximum absolute atomic E-state index is 13.1. The molecule has 182 valence electrons. The first kappa shape index (κ1) is 24.6. The molecule has 2 N–H and O–H groups in total. The van der Waals surface area contributed by atoms with Gasteiger partial charge in [0.15, 0.2) is 0 Å². The van der Waals surface area contributed by atoms with Gasteiger partial charge in [-0.2, -0.15) is 0 Å². The van der Waals surface area contributed by atoms with Crippen LogP contribution < -0.4 is 10.6 Å². The maximum Gasteiger partial charge on any atom is 0.254 e. The van der Waals surface area contributed by atoms with Gasteiger partial charge in [-0.1, -0.05) is 48.5 Å². The number of hydrogen-bond acceptors (Lipinski definition) is 4. The zero-order valence-electron chi connectivity index (χ0n) is 20.8. The first-order chi connectivity index (χ1) is 16.9. The van der Waals surface area contributed by atoms with Gasteiger partial charge in [-0.15, -0.1) is 0 Å². The van der Waals surface area contributed by atoms with Crippen LogP contribution in [-0.4, -0.2) is 54.8 Å². The molecule has 0 aliphatic carbocycles. The molecule has 2 amide bonds. The molecular weight excluding hydrogens is 436 g/mol. The predicted molar refractivity (Wildman–Crippen MR) is 141 cm³/mol. The van der Waals surface area contributed by atoms with Gasteiger partial charge in [-0.3, -0.25) is 9.59 Å². The molecule has 0 spiro atoms. The fraction of sp³-hybridized carbons (Fsp3) is 0.310. The summed E-state index contributed by atoms with van der Waals surface area (Å²) in [6.07, 6.45) is 0. The second-order valence-corrected chi connectivity index (χ2v) is 9.31. The third-order valence-electron chi connectivity index (χ3n) is 6.42. The maximum atomic E-state index is 13.1. The highest BCUT2D eigenvalue weighted by molar-refractivity contribution is 5.97. The van der Waals surface area contributed by atoms with Gasteiger partial charge in [0, 0.05) is 57.4 Å². The number of nitrogens with one attached hydrogen (secondary N) is 2. The number of hydrogen-bond donors (Lipinski definition) is 2. The summed E-state index contributed by atoms with van der Waals surface area (Å²) in [4.78, 5) is 28.9. The van der Waals surface area contributed by atoms with Crippen LogP contribution in [0.1, 0.15) is 34.0 Å². The standard InChI is InChI=1S/C29H34N4O2/c1-21-6-4-5-7-28(21)25-10-8-23(9-11-25)19-30-20-24-16-26(18-27(17-24)31-22(2)34)29(35)33-14-12-32(3)13-15-33/h4-11,16-18,30H,12-15,19-20H2,1-3H3,(H,31,34). The van der Waals surface area contributed by atoms with E-state index in [1.54, 1.807) is 6.07 Å². The van der Waals surface area contributed by atoms with Gasteiger partial charge in [0.25, 0.3) is 5.91 Å². The number of carbonyl (C=O) groups excluding carboxylic acids is 2. The molecule has 1 aliphatic rings. The van der Waals surface area contributed by atoms with Crippen molar-refractivity contribution in [2.45, 2.75) is 26.9 Å². The van der Waals surface area contributed by atoms with Crippen molar-refractivity contribution >= 4 is 17.5 Å². The average Bonchev–Trinajstić information content (AvgIpc) is 2.84. The molecule has 6 heteroatoms. The smallest absolute Gasteiger partial charge is 0.254 e. The van der Waals surface area contributed by atoms with Crippen LogP contribution in [0.5, 0.6) is 0 Å². The molecule has 1 saturated heterocycles. The Morgan fingerprint density at radius 3 is 2.23 bits per heavy atom. The average molecular weight is 471 g/mol. The molecule has 1 aliphatic heterocycles. The van der Waals surface area contributed by atoms with E-state index in [-0.39, 0.29) is 11.8 Å². The van der Waals surface area contributed by atoms with E-state index >= 15 is 0 Å². The minimum Gasteiger partial charge on any atom is -0.336 e. The summed E-state index contributed by atoms with van der Waals surface area (Å²) >= 11 is 0. The number of carbonyl (C=O) groups is 2. The Morgan fingerprint density at radius 1 is 0.857 bits per heavy atom. The van der Waals surface area contributed by atoms with Gasteiger partial charge in [0.2, 0.25) is 5.91 Å². The Labute approximate surface area is 207 Å². The molecule has 0 saturated carbocycles. The molecule has 0 unspecified atom stereocenters. The lowest BCUT2D eigenvalue weighted by Crippen LogP contribution is -2.47. The molecule has 6 nitrogen and oxygen atoms in total. The Morgan fingerprint density at radius 2 is 1.54 bits per heavy atom. The summed E-state index contributed by atoms with van der Waals surface area (Å²) in [5.74, 6) is -0.139. The normalized spacial score (nSPS) is 14.1. The molecule has 0 bridgehead atoms. The summed E-state index contributed by atoms with van der Waals surface area (Å²) in [7, 11) is 2.07. The van der Waals surface area contributed by atoms with E-state index in [4.69, 9.17) is 0 Å². The van der Waals surface area contributed by atoms with Crippen molar-refractivity contribution in [3.63, 3.8) is 0 Å². The van der Waals surface area contributed by atoms with E-state index in [0.29, 0.717) is 37.4 Å². The van der Waals surface area contributed by atoms with Crippen LogP contribution in [-0.2, 0) is 17.9 Å². The lowest BCUT2D eigenvalue weighted by molar-refractivity contribution is -0.114. The number of benzene rings is 3. The summed E-state index contributed by atoms with van der Waals surface area (Å²) in [6.45, 7) is 8.08. The van der Waals surface area contributed by atoms with E-state index < -0.39 is 0 Å². The molecule has 1 fully saturated rings. The van der Waals surface area contributed by atoms with Crippen molar-refractivity contribution < 1.29 is 9.59 Å². The summed E-state index contributed by atoms with van der Waals surface area (Å²) < 4.78 is 0. The quantitative estimate of drug-likeness (QED) is 0.541. The molecular formula is C29H34N4O2. The Kier molecular flexibility index (Phi) is 7.95. The van der Waals surface area contributed by atoms with Crippen LogP contribution >= 0.6 is 0 Å². The van der Waals surface area contributed by atoms with E-state index in [1.807, 2.05) is 17.0 Å². The number of aryl methyl sites for hydroxylation is 1. The highest BCUT2D eigenvalue weighted by Crippen LogP contribution is 2.23. The number of anilines is 1. The number of amides is 2. The van der Waals surface area contributed by atoms with Gasteiger partial charge >= 0.3 is 0 Å². The lowest BCUT2D eigenvalue weighted by atomic mass is 9.99. The number of piperazine rings is 1. The highest BCUT2D eigenvalue weighted by atomic mass is 16.2. The van der Waals surface area contributed by atoms with E-state index in [1.165, 1.54) is 29.2 Å². The molecule has 35 heavy (non-hydrogen) atoms. The van der Waals surface area contributed by atoms with E-state index in [0.717, 1.165) is 18.7 Å². The molecule has 3 aromatic rings. The molecule has 3 aromatic carbocycles. The molecule has 1 heterocycles. The third-order valence-corrected chi connectivity index (χ3v) is 6.42. The molecule has 0 atom stereocenters. The summed E-state index contributed by atoms with van der Waals surface area (Å²) in [5.41, 5.74) is 7.14. The fourth-order valence-electron chi connectivity index (χ4n) is 4.44. The Bertz CT molecular complexity index is 1180. The van der Waals surface area contributed by atoms with Gasteiger partial charge in [0.05, 0.1) is 0 Å². The van der Waals surface area contributed by atoms with Crippen LogP contribution in [0.3, 0.4) is 0 Å². The minimum absolute atomic E-state index is 0.0124. The summed E-state index contributed by atoms with van der Waals surface area (Å²) in [5, 5.41) is 6.32. The van der Waals surface area contributed by atoms with Gasteiger partial charge < -0.3 is 20.4 Å². The summed E-state index contributed by atoms with van der Waals surface area (Å²) in [6, 6.07) is 22.6. The first-order valence-corrected chi connectivity index (χ1v) is 12.1. The van der Waals surface area contributed by atoms with Gasteiger partial charge in [0.1, 0.15) is 0 Å². The number of likely N-dealkylation sites (N-methyl/N-ethyl adjacent to an activating group) is 1. The van der Waals surface area contributed by atoms with Crippen molar-refractivity contribution in [3.8, 4) is 11.1 Å². The van der Waals surface area contributed by atoms with E-state index in [2.05, 4.69) is 78.0 Å². The molecule has 0 radical (unpaired) electrons. The van der Waals surface area contributed by atoms with Crippen LogP contribution in [0, 0.1) is 6.92 Å². The van der Waals surface area contributed by atoms with Crippen LogP contribution in [0.4, 0.5) is 5.69 Å². The van der Waals surface area contributed by atoms with Gasteiger partial charge in [-0.05, 0) is 60.0 Å². The van der Waals surface area contributed by atoms with Crippen molar-refractivity contribution in [2.24, 2.45) is 0 Å².